The molecule has 0 aliphatic carbocycles. The van der Waals surface area contributed by atoms with Gasteiger partial charge in [0.15, 0.2) is 0 Å². The Kier molecular flexibility index (Phi) is 3.73. The summed E-state index contributed by atoms with van der Waals surface area (Å²) in [5.74, 6) is 0. The van der Waals surface area contributed by atoms with Crippen molar-refractivity contribution < 1.29 is 0 Å². The molecule has 1 atom stereocenters. The van der Waals surface area contributed by atoms with Gasteiger partial charge in [0.1, 0.15) is 0 Å². The molecule has 1 aromatic heterocycles. The van der Waals surface area contributed by atoms with Crippen LogP contribution in [0.25, 0.3) is 0 Å². The molecule has 1 unspecified atom stereocenters. The zero-order chi connectivity index (χ0) is 13.3. The average molecular weight is 264 g/mol. The Bertz CT molecular complexity index is 560. The minimum atomic E-state index is -0.0575. The maximum atomic E-state index is 6.22. The molecule has 0 fully saturated rings. The topological polar surface area (TPSA) is 43.8 Å². The van der Waals surface area contributed by atoms with Gasteiger partial charge in [0, 0.05) is 30.2 Å². The van der Waals surface area contributed by atoms with Gasteiger partial charge in [-0.1, -0.05) is 23.7 Å². The molecule has 0 radical (unpaired) electrons. The fourth-order valence-electron chi connectivity index (χ4n) is 2.04. The van der Waals surface area contributed by atoms with Crippen molar-refractivity contribution in [3.8, 4) is 0 Å². The van der Waals surface area contributed by atoms with Crippen molar-refractivity contribution in [2.45, 2.75) is 26.3 Å². The molecule has 1 aromatic carbocycles. The second-order valence-electron chi connectivity index (χ2n) is 4.72. The smallest absolute Gasteiger partial charge is 0.0596 e. The van der Waals surface area contributed by atoms with Crippen LogP contribution in [-0.2, 0) is 13.5 Å². The van der Waals surface area contributed by atoms with E-state index in [0.717, 1.165) is 34.0 Å². The summed E-state index contributed by atoms with van der Waals surface area (Å²) >= 11 is 6.12. The maximum absolute atomic E-state index is 6.22. The third-order valence-electron chi connectivity index (χ3n) is 3.15. The first-order valence-electron chi connectivity index (χ1n) is 5.98. The van der Waals surface area contributed by atoms with E-state index in [9.17, 15) is 0 Å². The first kappa shape index (κ1) is 13.1. The first-order valence-corrected chi connectivity index (χ1v) is 6.36. The Labute approximate surface area is 113 Å². The minimum Gasteiger partial charge on any atom is -0.324 e. The van der Waals surface area contributed by atoms with E-state index in [-0.39, 0.29) is 6.04 Å². The second-order valence-corrected chi connectivity index (χ2v) is 5.13. The van der Waals surface area contributed by atoms with E-state index in [1.54, 1.807) is 0 Å². The lowest BCUT2D eigenvalue weighted by atomic mass is 10.0. The van der Waals surface area contributed by atoms with E-state index in [2.05, 4.69) is 11.2 Å². The lowest BCUT2D eigenvalue weighted by Crippen LogP contribution is -2.15. The van der Waals surface area contributed by atoms with Gasteiger partial charge in [0.25, 0.3) is 0 Å². The van der Waals surface area contributed by atoms with Crippen LogP contribution in [0.15, 0.2) is 24.3 Å². The van der Waals surface area contributed by atoms with Gasteiger partial charge in [-0.15, -0.1) is 0 Å². The number of aromatic nitrogens is 2. The molecule has 3 nitrogen and oxygen atoms in total. The quantitative estimate of drug-likeness (QED) is 0.925. The van der Waals surface area contributed by atoms with Crippen LogP contribution in [0.5, 0.6) is 0 Å². The van der Waals surface area contributed by atoms with E-state index in [0.29, 0.717) is 0 Å². The van der Waals surface area contributed by atoms with Crippen molar-refractivity contribution >= 4 is 11.6 Å². The molecule has 2 N–H and O–H groups in total. The van der Waals surface area contributed by atoms with E-state index >= 15 is 0 Å². The van der Waals surface area contributed by atoms with Crippen molar-refractivity contribution in [3.05, 3.63) is 51.8 Å². The summed E-state index contributed by atoms with van der Waals surface area (Å²) in [5.41, 5.74) is 10.5. The molecule has 0 bridgehead atoms. The Morgan fingerprint density at radius 3 is 2.61 bits per heavy atom. The second kappa shape index (κ2) is 5.12. The van der Waals surface area contributed by atoms with E-state index in [4.69, 9.17) is 17.3 Å². The van der Waals surface area contributed by atoms with Crippen LogP contribution in [0.2, 0.25) is 5.02 Å². The fraction of sp³-hybridized carbons (Fsp3) is 0.357. The van der Waals surface area contributed by atoms with Crippen molar-refractivity contribution in [2.24, 2.45) is 12.8 Å². The van der Waals surface area contributed by atoms with E-state index in [1.807, 2.05) is 43.8 Å². The third-order valence-corrected chi connectivity index (χ3v) is 3.56. The number of aryl methyl sites for hydroxylation is 3. The molecule has 4 heteroatoms. The van der Waals surface area contributed by atoms with Gasteiger partial charge in [-0.25, -0.2) is 0 Å². The highest BCUT2D eigenvalue weighted by Crippen LogP contribution is 2.22. The monoisotopic (exact) mass is 263 g/mol. The summed E-state index contributed by atoms with van der Waals surface area (Å²) in [4.78, 5) is 0. The van der Waals surface area contributed by atoms with Gasteiger partial charge < -0.3 is 5.73 Å². The Hall–Kier alpha value is -1.32. The van der Waals surface area contributed by atoms with Crippen LogP contribution in [-0.4, -0.2) is 9.78 Å². The van der Waals surface area contributed by atoms with Crippen LogP contribution in [0.1, 0.15) is 28.6 Å². The normalized spacial score (nSPS) is 12.7. The number of hydrogen-bond acceptors (Lipinski definition) is 2. The molecular formula is C14H18ClN3. The van der Waals surface area contributed by atoms with Crippen LogP contribution < -0.4 is 5.73 Å². The lowest BCUT2D eigenvalue weighted by Gasteiger charge is -2.13. The molecule has 18 heavy (non-hydrogen) atoms. The summed E-state index contributed by atoms with van der Waals surface area (Å²) in [6, 6.07) is 8.00. The zero-order valence-electron chi connectivity index (χ0n) is 10.9. The number of halogens is 1. The van der Waals surface area contributed by atoms with E-state index < -0.39 is 0 Å². The van der Waals surface area contributed by atoms with Crippen LogP contribution >= 0.6 is 11.6 Å². The van der Waals surface area contributed by atoms with Crippen LogP contribution in [0.4, 0.5) is 0 Å². The van der Waals surface area contributed by atoms with Crippen LogP contribution in [0, 0.1) is 13.8 Å². The highest BCUT2D eigenvalue weighted by atomic mass is 35.5. The maximum Gasteiger partial charge on any atom is 0.0596 e. The SMILES string of the molecule is Cc1cc(CC(N)c2ccc(C)c(Cl)c2)n(C)n1. The van der Waals surface area contributed by atoms with Gasteiger partial charge in [0.2, 0.25) is 0 Å². The summed E-state index contributed by atoms with van der Waals surface area (Å²) in [6.45, 7) is 3.97. The Morgan fingerprint density at radius 1 is 1.33 bits per heavy atom. The molecular weight excluding hydrogens is 246 g/mol. The predicted octanol–water partition coefficient (Wildman–Crippen LogP) is 2.93. The van der Waals surface area contributed by atoms with Crippen molar-refractivity contribution in [1.82, 2.24) is 9.78 Å². The van der Waals surface area contributed by atoms with Gasteiger partial charge in [0.05, 0.1) is 5.69 Å². The molecule has 1 heterocycles. The molecule has 0 aliphatic heterocycles. The molecule has 96 valence electrons. The molecule has 2 aromatic rings. The van der Waals surface area contributed by atoms with Gasteiger partial charge >= 0.3 is 0 Å². The van der Waals surface area contributed by atoms with Gasteiger partial charge in [-0.2, -0.15) is 5.10 Å². The molecule has 0 aliphatic rings. The first-order chi connectivity index (χ1) is 8.47. The fourth-order valence-corrected chi connectivity index (χ4v) is 2.23. The average Bonchev–Trinajstić information content (AvgIpc) is 2.61. The number of nitrogens with two attached hydrogens (primary N) is 1. The number of rotatable bonds is 3. The largest absolute Gasteiger partial charge is 0.324 e. The van der Waals surface area contributed by atoms with Crippen molar-refractivity contribution in [1.29, 1.82) is 0 Å². The highest BCUT2D eigenvalue weighted by Gasteiger charge is 2.11. The highest BCUT2D eigenvalue weighted by molar-refractivity contribution is 6.31. The minimum absolute atomic E-state index is 0.0575. The molecule has 0 saturated heterocycles. The summed E-state index contributed by atoms with van der Waals surface area (Å²) in [7, 11) is 1.94. The number of nitrogens with zero attached hydrogens (tertiary/aromatic N) is 2. The predicted molar refractivity (Wildman–Crippen MR) is 74.8 cm³/mol. The molecule has 0 spiro atoms. The van der Waals surface area contributed by atoms with Crippen LogP contribution in [0.3, 0.4) is 0 Å². The number of hydrogen-bond donors (Lipinski definition) is 1. The van der Waals surface area contributed by atoms with Gasteiger partial charge in [-0.3, -0.25) is 4.68 Å². The molecule has 0 amide bonds. The lowest BCUT2D eigenvalue weighted by molar-refractivity contribution is 0.639. The molecule has 2 rings (SSSR count). The Morgan fingerprint density at radius 2 is 2.06 bits per heavy atom. The summed E-state index contributed by atoms with van der Waals surface area (Å²) in [6.07, 6.45) is 0.761. The zero-order valence-corrected chi connectivity index (χ0v) is 11.7. The van der Waals surface area contributed by atoms with Crippen molar-refractivity contribution in [3.63, 3.8) is 0 Å². The standard InChI is InChI=1S/C14H18ClN3/c1-9-4-5-11(7-13(9)15)14(16)8-12-6-10(2)17-18(12)3/h4-7,14H,8,16H2,1-3H3. The number of benzene rings is 1. The van der Waals surface area contributed by atoms with E-state index in [1.165, 1.54) is 0 Å². The summed E-state index contributed by atoms with van der Waals surface area (Å²) in [5, 5.41) is 5.09. The van der Waals surface area contributed by atoms with Gasteiger partial charge in [-0.05, 0) is 37.1 Å². The molecule has 0 saturated carbocycles. The van der Waals surface area contributed by atoms with Crippen molar-refractivity contribution in [2.75, 3.05) is 0 Å². The Balaban J connectivity index is 2.19. The summed E-state index contributed by atoms with van der Waals surface area (Å²) < 4.78 is 1.88. The third kappa shape index (κ3) is 2.74.